The van der Waals surface area contributed by atoms with Crippen molar-refractivity contribution in [1.29, 1.82) is 0 Å². The molecule has 0 aromatic heterocycles. The van der Waals surface area contributed by atoms with Crippen molar-refractivity contribution in [1.82, 2.24) is 9.62 Å². The minimum Gasteiger partial charge on any atom is -0.462 e. The van der Waals surface area contributed by atoms with Crippen LogP contribution in [0.3, 0.4) is 0 Å². The van der Waals surface area contributed by atoms with Gasteiger partial charge in [-0.05, 0) is 77.4 Å². The largest absolute Gasteiger partial charge is 0.462 e. The number of unbranched alkanes of at least 4 members (excludes halogenated alkanes) is 20. The molecule has 0 fully saturated rings. The first-order valence-electron chi connectivity index (χ1n) is 20.3. The summed E-state index contributed by atoms with van der Waals surface area (Å²) in [6, 6.07) is 0. The van der Waals surface area contributed by atoms with Gasteiger partial charge in [-0.3, -0.25) is 14.5 Å². The van der Waals surface area contributed by atoms with E-state index in [0.29, 0.717) is 6.42 Å². The van der Waals surface area contributed by atoms with Crippen LogP contribution >= 0.6 is 0 Å². The van der Waals surface area contributed by atoms with Gasteiger partial charge in [0.25, 0.3) is 0 Å². The second-order valence-electron chi connectivity index (χ2n) is 13.9. The summed E-state index contributed by atoms with van der Waals surface area (Å²) in [4.78, 5) is 19.6. The number of amidine groups is 1. The summed E-state index contributed by atoms with van der Waals surface area (Å²) in [5.74, 6) is 0.754. The maximum Gasteiger partial charge on any atom is 0.306 e. The normalized spacial score (nSPS) is 12.7. The molecule has 3 N–H and O–H groups in total. The second kappa shape index (κ2) is 36.3. The van der Waals surface area contributed by atoms with E-state index in [0.717, 1.165) is 63.9 Å². The highest BCUT2D eigenvalue weighted by Gasteiger charge is 2.14. The number of nitrogens with zero attached hydrogens (tertiary/aromatic N) is 2. The van der Waals surface area contributed by atoms with Gasteiger partial charge in [0, 0.05) is 19.9 Å². The summed E-state index contributed by atoms with van der Waals surface area (Å²) in [5, 5.41) is 5.36. The van der Waals surface area contributed by atoms with Crippen LogP contribution in [0.15, 0.2) is 4.99 Å². The van der Waals surface area contributed by atoms with Crippen LogP contribution < -0.4 is 9.86 Å². The molecule has 0 aromatic carbocycles. The highest BCUT2D eigenvalue weighted by Crippen LogP contribution is 2.18. The number of rotatable bonds is 36. The number of carbonyl (C=O) groups is 1. The molecule has 280 valence electrons. The summed E-state index contributed by atoms with van der Waals surface area (Å²) >= 11 is -1.55. The first kappa shape index (κ1) is 46.0. The highest BCUT2D eigenvalue weighted by molar-refractivity contribution is 7.81. The lowest BCUT2D eigenvalue weighted by Crippen LogP contribution is -2.31. The maximum atomic E-state index is 12.7. The number of esters is 1. The first-order chi connectivity index (χ1) is 23.0. The number of carbonyl (C=O) groups excluding carboxylic acids is 1. The standard InChI is InChI=1S/C39H80N4O3S/c1-5-8-11-14-18-23-30-37(31-24-19-15-12-9-6-2)46-39(44)33-25-20-17-22-28-35-43(34-27-21-16-13-10-7-3)36-29-26-32-38(41-4)42-47(40)45/h37H,5-36,40H2,1-4H3,(H,41,42). The van der Waals surface area contributed by atoms with E-state index in [1.807, 2.05) is 0 Å². The Hall–Kier alpha value is -0.990. The number of hydrogen-bond acceptors (Lipinski definition) is 5. The van der Waals surface area contributed by atoms with Crippen LogP contribution in [0.2, 0.25) is 0 Å². The third-order valence-electron chi connectivity index (χ3n) is 9.37. The predicted molar refractivity (Wildman–Crippen MR) is 206 cm³/mol. The molecule has 0 rings (SSSR count). The minimum absolute atomic E-state index is 0.0289. The molecule has 0 amide bonds. The predicted octanol–water partition coefficient (Wildman–Crippen LogP) is 10.7. The Morgan fingerprint density at radius 1 is 0.617 bits per heavy atom. The molecule has 0 aliphatic heterocycles. The molecule has 0 radical (unpaired) electrons. The van der Waals surface area contributed by atoms with Crippen molar-refractivity contribution >= 4 is 23.0 Å². The molecule has 0 aliphatic rings. The average molecular weight is 685 g/mol. The molecule has 47 heavy (non-hydrogen) atoms. The molecule has 0 heterocycles. The van der Waals surface area contributed by atoms with E-state index in [9.17, 15) is 9.00 Å². The SMILES string of the molecule is CCCCCCCCC(CCCCCCCC)OC(=O)CCCCCCCN(CCCCCCCC)CCCCC(=NC)NS(N)=O. The van der Waals surface area contributed by atoms with Crippen LogP contribution in [0.5, 0.6) is 0 Å². The molecular formula is C39H80N4O3S. The van der Waals surface area contributed by atoms with E-state index in [1.165, 1.54) is 141 Å². The first-order valence-corrected chi connectivity index (χ1v) is 21.5. The Morgan fingerprint density at radius 2 is 1.00 bits per heavy atom. The molecule has 0 saturated heterocycles. The number of aliphatic imine (C=N–C) groups is 1. The van der Waals surface area contributed by atoms with Gasteiger partial charge in [0.05, 0.1) is 0 Å². The van der Waals surface area contributed by atoms with Gasteiger partial charge >= 0.3 is 5.97 Å². The van der Waals surface area contributed by atoms with Gasteiger partial charge in [0.2, 0.25) is 0 Å². The smallest absolute Gasteiger partial charge is 0.306 e. The molecule has 0 spiro atoms. The zero-order valence-electron chi connectivity index (χ0n) is 31.8. The van der Waals surface area contributed by atoms with Gasteiger partial charge < -0.3 is 9.64 Å². The van der Waals surface area contributed by atoms with Crippen molar-refractivity contribution in [2.24, 2.45) is 10.1 Å². The van der Waals surface area contributed by atoms with Gasteiger partial charge in [-0.2, -0.15) is 0 Å². The Bertz CT molecular complexity index is 721. The lowest BCUT2D eigenvalue weighted by Gasteiger charge is -2.22. The Balaban J connectivity index is 4.39. The fourth-order valence-corrected chi connectivity index (χ4v) is 6.78. The molecule has 1 unspecified atom stereocenters. The van der Waals surface area contributed by atoms with Crippen molar-refractivity contribution < 1.29 is 13.7 Å². The van der Waals surface area contributed by atoms with Gasteiger partial charge in [-0.15, -0.1) is 0 Å². The molecule has 0 aromatic rings. The van der Waals surface area contributed by atoms with E-state index in [2.05, 4.69) is 35.4 Å². The Morgan fingerprint density at radius 3 is 1.45 bits per heavy atom. The zero-order chi connectivity index (χ0) is 34.6. The lowest BCUT2D eigenvalue weighted by atomic mass is 10.0. The minimum atomic E-state index is -1.55. The quantitative estimate of drug-likeness (QED) is 0.0297. The van der Waals surface area contributed by atoms with E-state index >= 15 is 0 Å². The summed E-state index contributed by atoms with van der Waals surface area (Å²) in [6.07, 6.45) is 34.8. The molecule has 8 heteroatoms. The number of ether oxygens (including phenoxy) is 1. The number of nitrogens with two attached hydrogens (primary N) is 1. The monoisotopic (exact) mass is 685 g/mol. The third kappa shape index (κ3) is 33.3. The van der Waals surface area contributed by atoms with Gasteiger partial charge in [-0.1, -0.05) is 136 Å². The molecule has 7 nitrogen and oxygen atoms in total. The van der Waals surface area contributed by atoms with Crippen LogP contribution in [-0.4, -0.2) is 53.7 Å². The van der Waals surface area contributed by atoms with Crippen molar-refractivity contribution in [3.63, 3.8) is 0 Å². The van der Waals surface area contributed by atoms with Gasteiger partial charge in [-0.25, -0.2) is 9.35 Å². The van der Waals surface area contributed by atoms with Crippen LogP contribution in [0.4, 0.5) is 0 Å². The van der Waals surface area contributed by atoms with Crippen molar-refractivity contribution in [2.45, 2.75) is 213 Å². The Labute approximate surface area is 295 Å². The van der Waals surface area contributed by atoms with Crippen LogP contribution in [0.25, 0.3) is 0 Å². The fraction of sp³-hybridized carbons (Fsp3) is 0.949. The second-order valence-corrected chi connectivity index (χ2v) is 14.7. The lowest BCUT2D eigenvalue weighted by molar-refractivity contribution is -0.150. The Kier molecular flexibility index (Phi) is 35.5. The number of nitrogens with one attached hydrogen (secondary N) is 1. The molecular weight excluding hydrogens is 605 g/mol. The van der Waals surface area contributed by atoms with Crippen molar-refractivity contribution in [3.05, 3.63) is 0 Å². The number of hydrogen-bond donors (Lipinski definition) is 2. The maximum absolute atomic E-state index is 12.7. The molecule has 0 aliphatic carbocycles. The molecule has 1 atom stereocenters. The van der Waals surface area contributed by atoms with E-state index < -0.39 is 11.2 Å². The van der Waals surface area contributed by atoms with Crippen LogP contribution in [0, 0.1) is 0 Å². The topological polar surface area (TPSA) is 97.0 Å². The van der Waals surface area contributed by atoms with E-state index in [4.69, 9.17) is 9.88 Å². The summed E-state index contributed by atoms with van der Waals surface area (Å²) in [5.41, 5.74) is 0. The van der Waals surface area contributed by atoms with Crippen LogP contribution in [0.1, 0.15) is 207 Å². The van der Waals surface area contributed by atoms with Crippen molar-refractivity contribution in [2.75, 3.05) is 26.7 Å². The molecule has 0 saturated carbocycles. The fourth-order valence-electron chi connectivity index (χ4n) is 6.35. The van der Waals surface area contributed by atoms with Crippen molar-refractivity contribution in [3.8, 4) is 0 Å². The summed E-state index contributed by atoms with van der Waals surface area (Å²) in [7, 11) is 1.72. The highest BCUT2D eigenvalue weighted by atomic mass is 32.2. The molecule has 0 bridgehead atoms. The van der Waals surface area contributed by atoms with Crippen LogP contribution in [-0.2, 0) is 20.7 Å². The van der Waals surface area contributed by atoms with E-state index in [1.54, 1.807) is 7.05 Å². The van der Waals surface area contributed by atoms with E-state index in [-0.39, 0.29) is 12.1 Å². The zero-order valence-corrected chi connectivity index (χ0v) is 32.6. The summed E-state index contributed by atoms with van der Waals surface area (Å²) < 4.78 is 20.0. The van der Waals surface area contributed by atoms with Gasteiger partial charge in [0.15, 0.2) is 11.2 Å². The summed E-state index contributed by atoms with van der Waals surface area (Å²) in [6.45, 7) is 10.2. The average Bonchev–Trinajstić information content (AvgIpc) is 3.05. The van der Waals surface area contributed by atoms with Gasteiger partial charge in [0.1, 0.15) is 11.9 Å². The third-order valence-corrected chi connectivity index (χ3v) is 9.80.